The van der Waals surface area contributed by atoms with Gasteiger partial charge in [-0.3, -0.25) is 23.9 Å². The molecule has 0 bridgehead atoms. The second-order valence-corrected chi connectivity index (χ2v) is 11.3. The van der Waals surface area contributed by atoms with Crippen LogP contribution in [0.1, 0.15) is 104 Å². The lowest BCUT2D eigenvalue weighted by Crippen LogP contribution is -2.39. The van der Waals surface area contributed by atoms with Crippen LogP contribution < -0.4 is 17.0 Å². The molecule has 1 unspecified atom stereocenters. The number of H-pyrrole nitrogens is 1. The fourth-order valence-electron chi connectivity index (χ4n) is 4.48. The highest BCUT2D eigenvalue weighted by molar-refractivity contribution is 5.76. The van der Waals surface area contributed by atoms with E-state index < -0.39 is 11.6 Å². The van der Waals surface area contributed by atoms with E-state index >= 15 is 0 Å². The van der Waals surface area contributed by atoms with Crippen LogP contribution in [0, 0.1) is 5.92 Å². The fourth-order valence-corrected chi connectivity index (χ4v) is 4.48. The van der Waals surface area contributed by atoms with Crippen LogP contribution in [-0.4, -0.2) is 56.8 Å². The molecule has 2 heterocycles. The Morgan fingerprint density at radius 1 is 1.05 bits per heavy atom. The highest BCUT2D eigenvalue weighted by atomic mass is 16.6. The molecule has 0 fully saturated rings. The smallest absolute Gasteiger partial charge is 0.323 e. The molecule has 0 radical (unpaired) electrons. The van der Waals surface area contributed by atoms with Crippen molar-refractivity contribution < 1.29 is 23.8 Å². The number of nitrogen functional groups attached to an aromatic ring is 1. The number of nitrogens with one attached hydrogen (secondary N) is 1. The number of imidazole rings is 1. The number of anilines is 1. The number of rotatable bonds is 23. The van der Waals surface area contributed by atoms with E-state index in [4.69, 9.17) is 25.7 Å². The van der Waals surface area contributed by atoms with Crippen LogP contribution in [0.4, 0.5) is 5.95 Å². The van der Waals surface area contributed by atoms with Gasteiger partial charge in [0, 0.05) is 12.8 Å². The maximum absolute atomic E-state index is 12.3. The van der Waals surface area contributed by atoms with Gasteiger partial charge >= 0.3 is 11.9 Å². The van der Waals surface area contributed by atoms with Gasteiger partial charge in [-0.25, -0.2) is 4.98 Å². The molecule has 2 aromatic heterocycles. The zero-order valence-electron chi connectivity index (χ0n) is 26.2. The lowest BCUT2D eigenvalue weighted by atomic mass is 10.0. The molecule has 0 spiro atoms. The third-order valence-corrected chi connectivity index (χ3v) is 7.18. The zero-order valence-corrected chi connectivity index (χ0v) is 26.2. The summed E-state index contributed by atoms with van der Waals surface area (Å²) in [6.45, 7) is 6.52. The molecule has 0 aliphatic rings. The second kappa shape index (κ2) is 20.6. The van der Waals surface area contributed by atoms with Crippen LogP contribution in [0.15, 0.2) is 23.3 Å². The van der Waals surface area contributed by atoms with Gasteiger partial charge in [-0.15, -0.1) is 0 Å². The summed E-state index contributed by atoms with van der Waals surface area (Å²) in [6.07, 6.45) is 18.2. The molecule has 0 amide bonds. The summed E-state index contributed by atoms with van der Waals surface area (Å²) in [5.41, 5.74) is 11.7. The standard InChI is InChI=1S/C31H52N6O6/c1-4-5-6-13-16-24(43-30(40)26(32)23(2)3)17-14-11-9-7-8-10-12-15-18-25(38)42-20-19-41-22-37-21-34-27-28(37)35-31(33)36-29(27)39/h11,14,21,23-24,26H,4-10,12-13,15-20,22,32H2,1-3H3,(H3,33,35,36,39)/b14-11-/t24-,26?/m1/s1. The van der Waals surface area contributed by atoms with E-state index in [1.165, 1.54) is 19.2 Å². The number of nitrogens with zero attached hydrogens (tertiary/aromatic N) is 3. The molecule has 43 heavy (non-hydrogen) atoms. The van der Waals surface area contributed by atoms with Gasteiger partial charge in [0.1, 0.15) is 25.5 Å². The van der Waals surface area contributed by atoms with Crippen LogP contribution in [0.3, 0.4) is 0 Å². The van der Waals surface area contributed by atoms with Gasteiger partial charge in [-0.1, -0.05) is 71.4 Å². The van der Waals surface area contributed by atoms with E-state index in [-0.39, 0.29) is 55.4 Å². The monoisotopic (exact) mass is 604 g/mol. The lowest BCUT2D eigenvalue weighted by Gasteiger charge is -2.21. The quantitative estimate of drug-likeness (QED) is 0.0910. The molecule has 0 aliphatic carbocycles. The number of aromatic amines is 1. The summed E-state index contributed by atoms with van der Waals surface area (Å²) >= 11 is 0. The van der Waals surface area contributed by atoms with Crippen molar-refractivity contribution in [3.63, 3.8) is 0 Å². The number of hydrogen-bond acceptors (Lipinski definition) is 10. The molecule has 242 valence electrons. The van der Waals surface area contributed by atoms with Gasteiger partial charge in [-0.2, -0.15) is 4.98 Å². The topological polar surface area (TPSA) is 177 Å². The SMILES string of the molecule is CCCCCC[C@H](C/C=C\CCCCCCCC(=O)OCCOCn1cnc2c(=O)[nH]c(N)nc21)OC(=O)C(N)C(C)C. The largest absolute Gasteiger partial charge is 0.463 e. The minimum atomic E-state index is -0.577. The first kappa shape index (κ1) is 35.9. The van der Waals surface area contributed by atoms with E-state index in [1.54, 1.807) is 4.57 Å². The van der Waals surface area contributed by atoms with E-state index in [1.807, 2.05) is 13.8 Å². The number of carbonyl (C=O) groups is 2. The highest BCUT2D eigenvalue weighted by Crippen LogP contribution is 2.15. The van der Waals surface area contributed by atoms with Crippen molar-refractivity contribution >= 4 is 29.1 Å². The van der Waals surface area contributed by atoms with Crippen LogP contribution in [0.25, 0.3) is 11.2 Å². The molecule has 5 N–H and O–H groups in total. The summed E-state index contributed by atoms with van der Waals surface area (Å²) in [5.74, 6) is -0.472. The molecular formula is C31H52N6O6. The van der Waals surface area contributed by atoms with Gasteiger partial charge in [0.05, 0.1) is 12.9 Å². The van der Waals surface area contributed by atoms with E-state index in [9.17, 15) is 14.4 Å². The van der Waals surface area contributed by atoms with Gasteiger partial charge in [-0.05, 0) is 38.0 Å². The van der Waals surface area contributed by atoms with Crippen molar-refractivity contribution in [1.29, 1.82) is 0 Å². The van der Waals surface area contributed by atoms with E-state index in [0.717, 1.165) is 64.2 Å². The predicted octanol–water partition coefficient (Wildman–Crippen LogP) is 4.76. The first-order valence-corrected chi connectivity index (χ1v) is 15.8. The molecule has 12 heteroatoms. The van der Waals surface area contributed by atoms with E-state index in [0.29, 0.717) is 12.1 Å². The minimum absolute atomic E-state index is 0.00578. The van der Waals surface area contributed by atoms with Crippen LogP contribution in [0.2, 0.25) is 0 Å². The maximum atomic E-state index is 12.3. The molecule has 12 nitrogen and oxygen atoms in total. The number of ether oxygens (including phenoxy) is 3. The van der Waals surface area contributed by atoms with Crippen LogP contribution >= 0.6 is 0 Å². The average Bonchev–Trinajstić information content (AvgIpc) is 3.38. The minimum Gasteiger partial charge on any atom is -0.463 e. The Bertz CT molecular complexity index is 1180. The second-order valence-electron chi connectivity index (χ2n) is 11.3. The molecule has 0 aliphatic heterocycles. The van der Waals surface area contributed by atoms with Gasteiger partial charge in [0.2, 0.25) is 5.95 Å². The Morgan fingerprint density at radius 3 is 2.56 bits per heavy atom. The Morgan fingerprint density at radius 2 is 1.79 bits per heavy atom. The first-order chi connectivity index (χ1) is 20.7. The number of carbonyl (C=O) groups excluding carboxylic acids is 2. The zero-order chi connectivity index (χ0) is 31.5. The first-order valence-electron chi connectivity index (χ1n) is 15.8. The third-order valence-electron chi connectivity index (χ3n) is 7.18. The predicted molar refractivity (Wildman–Crippen MR) is 167 cm³/mol. The number of esters is 2. The third kappa shape index (κ3) is 14.2. The fraction of sp³-hybridized carbons (Fsp3) is 0.710. The maximum Gasteiger partial charge on any atom is 0.323 e. The van der Waals surface area contributed by atoms with Gasteiger partial charge in [0.25, 0.3) is 5.56 Å². The van der Waals surface area contributed by atoms with Crippen molar-refractivity contribution in [2.45, 2.75) is 123 Å². The lowest BCUT2D eigenvalue weighted by molar-refractivity contribution is -0.152. The van der Waals surface area contributed by atoms with Crippen molar-refractivity contribution in [3.05, 3.63) is 28.8 Å². The molecule has 0 aromatic carbocycles. The number of aromatic nitrogens is 4. The molecular weight excluding hydrogens is 552 g/mol. The van der Waals surface area contributed by atoms with Crippen molar-refractivity contribution in [1.82, 2.24) is 19.5 Å². The van der Waals surface area contributed by atoms with Gasteiger partial charge in [0.15, 0.2) is 11.2 Å². The molecule has 0 saturated heterocycles. The van der Waals surface area contributed by atoms with Crippen LogP contribution in [0.5, 0.6) is 0 Å². The Labute approximate surface area is 254 Å². The van der Waals surface area contributed by atoms with E-state index in [2.05, 4.69) is 34.0 Å². The summed E-state index contributed by atoms with van der Waals surface area (Å²) < 4.78 is 18.0. The number of allylic oxidation sites excluding steroid dienone is 1. The normalized spacial score (nSPS) is 13.1. The van der Waals surface area contributed by atoms with Gasteiger partial charge < -0.3 is 25.7 Å². The Kier molecular flexibility index (Phi) is 17.2. The number of hydrogen-bond donors (Lipinski definition) is 3. The summed E-state index contributed by atoms with van der Waals surface area (Å²) in [5, 5.41) is 0. The Hall–Kier alpha value is -3.25. The number of nitrogens with two attached hydrogens (primary N) is 2. The number of unbranched alkanes of at least 4 members (excludes halogenated alkanes) is 8. The van der Waals surface area contributed by atoms with Crippen molar-refractivity contribution in [3.8, 4) is 0 Å². The molecule has 2 aromatic rings. The average molecular weight is 605 g/mol. The van der Waals surface area contributed by atoms with Crippen LogP contribution in [-0.2, 0) is 30.5 Å². The summed E-state index contributed by atoms with van der Waals surface area (Å²) in [7, 11) is 0. The summed E-state index contributed by atoms with van der Waals surface area (Å²) in [6, 6.07) is -0.577. The van der Waals surface area contributed by atoms with Crippen molar-refractivity contribution in [2.24, 2.45) is 11.7 Å². The summed E-state index contributed by atoms with van der Waals surface area (Å²) in [4.78, 5) is 46.6. The number of fused-ring (bicyclic) bond motifs is 1. The molecule has 2 rings (SSSR count). The Balaban J connectivity index is 1.50. The highest BCUT2D eigenvalue weighted by Gasteiger charge is 2.22. The van der Waals surface area contributed by atoms with Crippen molar-refractivity contribution in [2.75, 3.05) is 18.9 Å². The molecule has 0 saturated carbocycles. The molecule has 2 atom stereocenters.